The quantitative estimate of drug-likeness (QED) is 0.890. The predicted octanol–water partition coefficient (Wildman–Crippen LogP) is 2.13. The van der Waals surface area contributed by atoms with E-state index in [0.717, 1.165) is 23.5 Å². The summed E-state index contributed by atoms with van der Waals surface area (Å²) < 4.78 is 0. The Hall–Kier alpha value is -1.43. The summed E-state index contributed by atoms with van der Waals surface area (Å²) in [4.78, 5) is 27.9. The molecular weight excluding hydrogens is 264 g/mol. The van der Waals surface area contributed by atoms with E-state index in [2.05, 4.69) is 10.3 Å². The Kier molecular flexibility index (Phi) is 4.19. The number of carbonyl (C=O) groups is 2. The second-order valence-electron chi connectivity index (χ2n) is 5.01. The van der Waals surface area contributed by atoms with Gasteiger partial charge in [-0.15, -0.1) is 11.3 Å². The van der Waals surface area contributed by atoms with Gasteiger partial charge in [-0.1, -0.05) is 0 Å². The molecule has 0 radical (unpaired) electrons. The molecule has 1 heterocycles. The summed E-state index contributed by atoms with van der Waals surface area (Å²) in [6.07, 6.45) is 2.75. The van der Waals surface area contributed by atoms with Crippen LogP contribution < -0.4 is 5.32 Å². The molecule has 5 nitrogen and oxygen atoms in total. The molecule has 0 saturated heterocycles. The van der Waals surface area contributed by atoms with E-state index in [1.165, 1.54) is 11.3 Å². The van der Waals surface area contributed by atoms with Crippen LogP contribution in [-0.4, -0.2) is 28.0 Å². The minimum Gasteiger partial charge on any atom is -0.481 e. The van der Waals surface area contributed by atoms with Crippen LogP contribution in [-0.2, 0) is 4.79 Å². The molecule has 2 N–H and O–H groups in total. The molecule has 1 aromatic rings. The zero-order chi connectivity index (χ0) is 14.0. The van der Waals surface area contributed by atoms with Crippen LogP contribution in [0.15, 0.2) is 0 Å². The number of carboxylic acids is 1. The molecule has 0 atom stereocenters. The first kappa shape index (κ1) is 14.0. The number of nitrogens with zero attached hydrogens (tertiary/aromatic N) is 1. The van der Waals surface area contributed by atoms with Crippen LogP contribution in [0.25, 0.3) is 0 Å². The van der Waals surface area contributed by atoms with Gasteiger partial charge in [-0.05, 0) is 39.5 Å². The van der Waals surface area contributed by atoms with Crippen LogP contribution in [0.1, 0.15) is 46.1 Å². The Morgan fingerprint density at radius 3 is 2.37 bits per heavy atom. The number of carbonyl (C=O) groups excluding carboxylic acids is 1. The molecule has 1 saturated carbocycles. The van der Waals surface area contributed by atoms with Crippen molar-refractivity contribution in [2.75, 3.05) is 0 Å². The van der Waals surface area contributed by atoms with Crippen LogP contribution in [0.2, 0.25) is 0 Å². The third kappa shape index (κ3) is 3.32. The smallest absolute Gasteiger partial charge is 0.306 e. The molecule has 1 fully saturated rings. The number of aliphatic carboxylic acids is 1. The summed E-state index contributed by atoms with van der Waals surface area (Å²) in [7, 11) is 0. The Balaban J connectivity index is 1.91. The SMILES string of the molecule is Cc1nc(C)c(C(=O)NC2CCC(C(=O)O)CC2)s1. The third-order valence-corrected chi connectivity index (χ3v) is 4.59. The lowest BCUT2D eigenvalue weighted by atomic mass is 9.86. The number of rotatable bonds is 3. The van der Waals surface area contributed by atoms with Gasteiger partial charge >= 0.3 is 5.97 Å². The summed E-state index contributed by atoms with van der Waals surface area (Å²) >= 11 is 1.40. The van der Waals surface area contributed by atoms with E-state index in [9.17, 15) is 9.59 Å². The third-order valence-electron chi connectivity index (χ3n) is 3.52. The topological polar surface area (TPSA) is 79.3 Å². The summed E-state index contributed by atoms with van der Waals surface area (Å²) in [6.45, 7) is 3.71. The fraction of sp³-hybridized carbons (Fsp3) is 0.615. The lowest BCUT2D eigenvalue weighted by molar-refractivity contribution is -0.142. The molecule has 6 heteroatoms. The molecule has 0 aliphatic heterocycles. The Bertz CT molecular complexity index is 490. The van der Waals surface area contributed by atoms with Gasteiger partial charge in [0.15, 0.2) is 0 Å². The molecule has 0 unspecified atom stereocenters. The highest BCUT2D eigenvalue weighted by atomic mass is 32.1. The zero-order valence-electron chi connectivity index (χ0n) is 11.1. The maximum atomic E-state index is 12.1. The lowest BCUT2D eigenvalue weighted by Crippen LogP contribution is -2.38. The summed E-state index contributed by atoms with van der Waals surface area (Å²) in [5.41, 5.74) is 0.763. The second kappa shape index (κ2) is 5.69. The predicted molar refractivity (Wildman–Crippen MR) is 72.4 cm³/mol. The van der Waals surface area contributed by atoms with Crippen molar-refractivity contribution in [2.45, 2.75) is 45.6 Å². The zero-order valence-corrected chi connectivity index (χ0v) is 11.9. The van der Waals surface area contributed by atoms with Crippen molar-refractivity contribution in [3.05, 3.63) is 15.6 Å². The standard InChI is InChI=1S/C13H18N2O3S/c1-7-11(19-8(2)14-7)12(16)15-10-5-3-9(4-6-10)13(17)18/h9-10H,3-6H2,1-2H3,(H,15,16)(H,17,18). The normalized spacial score (nSPS) is 23.1. The number of aryl methyl sites for hydroxylation is 2. The van der Waals surface area contributed by atoms with E-state index in [-0.39, 0.29) is 17.9 Å². The first-order valence-electron chi connectivity index (χ1n) is 6.45. The molecule has 2 rings (SSSR count). The van der Waals surface area contributed by atoms with E-state index in [4.69, 9.17) is 5.11 Å². The monoisotopic (exact) mass is 282 g/mol. The average molecular weight is 282 g/mol. The minimum atomic E-state index is -0.723. The maximum absolute atomic E-state index is 12.1. The van der Waals surface area contributed by atoms with Crippen LogP contribution in [0.4, 0.5) is 0 Å². The van der Waals surface area contributed by atoms with Crippen molar-refractivity contribution in [3.8, 4) is 0 Å². The molecule has 1 aliphatic rings. The highest BCUT2D eigenvalue weighted by molar-refractivity contribution is 7.13. The summed E-state index contributed by atoms with van der Waals surface area (Å²) in [6, 6.07) is 0.0879. The van der Waals surface area contributed by atoms with Gasteiger partial charge in [0.1, 0.15) is 4.88 Å². The number of hydrogen-bond acceptors (Lipinski definition) is 4. The number of amides is 1. The molecule has 104 valence electrons. The lowest BCUT2D eigenvalue weighted by Gasteiger charge is -2.26. The second-order valence-corrected chi connectivity index (χ2v) is 6.21. The largest absolute Gasteiger partial charge is 0.481 e. The van der Waals surface area contributed by atoms with Gasteiger partial charge < -0.3 is 10.4 Å². The fourth-order valence-electron chi connectivity index (χ4n) is 2.48. The number of hydrogen-bond donors (Lipinski definition) is 2. The first-order chi connectivity index (χ1) is 8.97. The van der Waals surface area contributed by atoms with Crippen molar-refractivity contribution < 1.29 is 14.7 Å². The molecule has 0 spiro atoms. The van der Waals surface area contributed by atoms with E-state index < -0.39 is 5.97 Å². The van der Waals surface area contributed by atoms with Crippen LogP contribution in [0, 0.1) is 19.8 Å². The molecule has 19 heavy (non-hydrogen) atoms. The van der Waals surface area contributed by atoms with Gasteiger partial charge in [0.05, 0.1) is 16.6 Å². The van der Waals surface area contributed by atoms with E-state index in [0.29, 0.717) is 17.7 Å². The van der Waals surface area contributed by atoms with Crippen molar-refractivity contribution in [3.63, 3.8) is 0 Å². The van der Waals surface area contributed by atoms with E-state index >= 15 is 0 Å². The van der Waals surface area contributed by atoms with E-state index in [1.54, 1.807) is 0 Å². The van der Waals surface area contributed by atoms with Crippen molar-refractivity contribution in [1.82, 2.24) is 10.3 Å². The van der Waals surface area contributed by atoms with Gasteiger partial charge in [0.25, 0.3) is 5.91 Å². The van der Waals surface area contributed by atoms with Crippen molar-refractivity contribution in [1.29, 1.82) is 0 Å². The maximum Gasteiger partial charge on any atom is 0.306 e. The van der Waals surface area contributed by atoms with Crippen molar-refractivity contribution >= 4 is 23.2 Å². The van der Waals surface area contributed by atoms with Crippen LogP contribution in [0.5, 0.6) is 0 Å². The Morgan fingerprint density at radius 1 is 1.26 bits per heavy atom. The molecular formula is C13H18N2O3S. The van der Waals surface area contributed by atoms with Gasteiger partial charge in [-0.2, -0.15) is 0 Å². The van der Waals surface area contributed by atoms with Gasteiger partial charge in [-0.25, -0.2) is 4.98 Å². The fourth-order valence-corrected chi connectivity index (χ4v) is 3.30. The molecule has 0 bridgehead atoms. The number of nitrogens with one attached hydrogen (secondary N) is 1. The molecule has 1 amide bonds. The first-order valence-corrected chi connectivity index (χ1v) is 7.26. The average Bonchev–Trinajstić information content (AvgIpc) is 2.69. The summed E-state index contributed by atoms with van der Waals surface area (Å²) in [5.74, 6) is -1.05. The molecule has 1 aromatic heterocycles. The Labute approximate surface area is 116 Å². The summed E-state index contributed by atoms with van der Waals surface area (Å²) in [5, 5.41) is 12.8. The molecule has 0 aromatic carbocycles. The number of aromatic nitrogens is 1. The highest BCUT2D eigenvalue weighted by Crippen LogP contribution is 2.25. The molecule has 1 aliphatic carbocycles. The van der Waals surface area contributed by atoms with Crippen LogP contribution in [0.3, 0.4) is 0 Å². The van der Waals surface area contributed by atoms with Gasteiger partial charge in [-0.3, -0.25) is 9.59 Å². The highest BCUT2D eigenvalue weighted by Gasteiger charge is 2.27. The van der Waals surface area contributed by atoms with E-state index in [1.807, 2.05) is 13.8 Å². The number of thiazole rings is 1. The Morgan fingerprint density at radius 2 is 1.89 bits per heavy atom. The minimum absolute atomic E-state index is 0.0816. The van der Waals surface area contributed by atoms with Crippen molar-refractivity contribution in [2.24, 2.45) is 5.92 Å². The van der Waals surface area contributed by atoms with Crippen LogP contribution >= 0.6 is 11.3 Å². The van der Waals surface area contributed by atoms with Gasteiger partial charge in [0, 0.05) is 6.04 Å². The number of carboxylic acid groups (broad SMARTS) is 1. The van der Waals surface area contributed by atoms with Gasteiger partial charge in [0.2, 0.25) is 0 Å².